The smallest absolute Gasteiger partial charge is 0.288 e. The minimum absolute atomic E-state index is 0.00902. The van der Waals surface area contributed by atoms with Crippen molar-refractivity contribution in [1.82, 2.24) is 0 Å². The van der Waals surface area contributed by atoms with Crippen LogP contribution in [0.1, 0.15) is 67.7 Å². The van der Waals surface area contributed by atoms with Crippen molar-refractivity contribution < 1.29 is 38.1 Å². The molecule has 0 heterocycles. The number of ether oxygens (including phenoxy) is 4. The third-order valence-corrected chi connectivity index (χ3v) is 8.25. The Hall–Kier alpha value is -3.12. The minimum Gasteiger partial charge on any atom is -0.489 e. The predicted octanol–water partition coefficient (Wildman–Crippen LogP) is 7.49. The molecule has 0 bridgehead atoms. The average Bonchev–Trinajstić information content (AvgIpc) is 2.96. The zero-order valence-electron chi connectivity index (χ0n) is 29.3. The number of methoxy groups -OCH3 is 4. The molecule has 2 aliphatic carbocycles. The van der Waals surface area contributed by atoms with Gasteiger partial charge in [0.25, 0.3) is 14.1 Å². The summed E-state index contributed by atoms with van der Waals surface area (Å²) in [6, 6.07) is 0. The first kappa shape index (κ1) is 41.9. The highest BCUT2D eigenvalue weighted by atomic mass is 35.5. The predicted molar refractivity (Wildman–Crippen MR) is 182 cm³/mol. The van der Waals surface area contributed by atoms with Crippen LogP contribution >= 0.6 is 11.6 Å². The zero-order chi connectivity index (χ0) is 35.0. The molecule has 0 radical (unpaired) electrons. The third kappa shape index (κ3) is 12.7. The van der Waals surface area contributed by atoms with Crippen molar-refractivity contribution in [3.05, 3.63) is 79.1 Å². The highest BCUT2D eigenvalue weighted by Gasteiger charge is 2.35. The lowest BCUT2D eigenvalue weighted by molar-refractivity contribution is -0.121. The van der Waals surface area contributed by atoms with Crippen molar-refractivity contribution in [1.29, 1.82) is 0 Å². The second kappa shape index (κ2) is 20.8. The molecule has 0 aromatic heterocycles. The van der Waals surface area contributed by atoms with Crippen molar-refractivity contribution in [3.63, 3.8) is 0 Å². The number of ketones is 4. The molecule has 0 N–H and O–H groups in total. The molecule has 0 amide bonds. The maximum Gasteiger partial charge on any atom is 0.288 e. The number of hydrogen-bond donors (Lipinski definition) is 0. The van der Waals surface area contributed by atoms with Crippen LogP contribution in [0.15, 0.2) is 79.1 Å². The van der Waals surface area contributed by atoms with E-state index in [1.165, 1.54) is 46.9 Å². The van der Waals surface area contributed by atoms with Gasteiger partial charge in [0.15, 0.2) is 0 Å². The quantitative estimate of drug-likeness (QED) is 0.0972. The van der Waals surface area contributed by atoms with Gasteiger partial charge in [0.2, 0.25) is 46.2 Å². The van der Waals surface area contributed by atoms with Gasteiger partial charge in [-0.15, -0.1) is 28.1 Å². The second-order valence-corrected chi connectivity index (χ2v) is 14.4. The van der Waals surface area contributed by atoms with Crippen LogP contribution in [0.2, 0.25) is 11.6 Å². The highest BCUT2D eigenvalue weighted by Crippen LogP contribution is 2.28. The molecular weight excluding hydrogens is 611 g/mol. The Morgan fingerprint density at radius 2 is 1.02 bits per heavy atom. The molecule has 10 heteroatoms. The molecule has 0 saturated carbocycles. The fourth-order valence-electron chi connectivity index (χ4n) is 4.34. The number of halogens is 1. The van der Waals surface area contributed by atoms with Crippen LogP contribution < -0.4 is 0 Å². The van der Waals surface area contributed by atoms with Crippen molar-refractivity contribution in [3.8, 4) is 0 Å². The van der Waals surface area contributed by atoms with E-state index in [1.807, 2.05) is 19.9 Å². The van der Waals surface area contributed by atoms with Gasteiger partial charge in [0.1, 0.15) is 0 Å². The molecule has 2 rings (SSSR count). The summed E-state index contributed by atoms with van der Waals surface area (Å²) in [4.78, 5) is 50.2. The van der Waals surface area contributed by atoms with Gasteiger partial charge in [-0.05, 0) is 67.7 Å². The topological polar surface area (TPSA) is 105 Å². The zero-order valence-corrected chi connectivity index (χ0v) is 31.2. The Kier molecular flexibility index (Phi) is 19.4. The van der Waals surface area contributed by atoms with Gasteiger partial charge in [-0.25, -0.2) is 0 Å². The van der Waals surface area contributed by atoms with Crippen molar-refractivity contribution >= 4 is 48.9 Å². The van der Waals surface area contributed by atoms with Crippen molar-refractivity contribution in [2.24, 2.45) is 0 Å². The van der Waals surface area contributed by atoms with E-state index in [-0.39, 0.29) is 57.6 Å². The van der Waals surface area contributed by atoms with Gasteiger partial charge in [-0.2, -0.15) is 0 Å². The van der Waals surface area contributed by atoms with Crippen LogP contribution in [0.3, 0.4) is 0 Å². The van der Waals surface area contributed by atoms with E-state index in [2.05, 4.69) is 43.4 Å². The Morgan fingerprint density at radius 3 is 1.38 bits per heavy atom. The molecule has 8 nitrogen and oxygen atoms in total. The number of rotatable bonds is 11. The summed E-state index contributed by atoms with van der Waals surface area (Å²) in [5.41, 5.74) is 5.58. The van der Waals surface area contributed by atoms with E-state index in [0.29, 0.717) is 23.1 Å². The van der Waals surface area contributed by atoms with Crippen LogP contribution in [0, 0.1) is 0 Å². The molecule has 0 fully saturated rings. The molecule has 0 aromatic carbocycles. The summed E-state index contributed by atoms with van der Waals surface area (Å²) in [5, 5.41) is 0. The van der Waals surface area contributed by atoms with Gasteiger partial charge >= 0.3 is 0 Å². The van der Waals surface area contributed by atoms with E-state index in [9.17, 15) is 19.2 Å². The average molecular weight is 661 g/mol. The van der Waals surface area contributed by atoms with Crippen LogP contribution in [0.5, 0.6) is 0 Å². The van der Waals surface area contributed by atoms with Gasteiger partial charge in [0.05, 0.1) is 34.3 Å². The Bertz CT molecular complexity index is 1350. The summed E-state index contributed by atoms with van der Waals surface area (Å²) in [6.45, 7) is 13.7. The SMILES string of the molecule is CC(C)=CCC/C(C)=[CH]/[Al]([CH3])[CH3].COC1=C(OC)C(=O)C(CC=C(C)C)=C(C)C1=O.COC1=C(OC)C(=O)C(CCl)=C(C)C1=O. The summed E-state index contributed by atoms with van der Waals surface area (Å²) in [5.74, 6) is 3.25. The fourth-order valence-corrected chi connectivity index (χ4v) is 5.96. The van der Waals surface area contributed by atoms with Crippen LogP contribution in [-0.2, 0) is 38.1 Å². The lowest BCUT2D eigenvalue weighted by Gasteiger charge is -2.19. The van der Waals surface area contributed by atoms with Gasteiger partial charge in [0, 0.05) is 22.3 Å². The fraction of sp³-hybridized carbons (Fsp3) is 0.486. The van der Waals surface area contributed by atoms with E-state index in [1.54, 1.807) is 19.4 Å². The highest BCUT2D eigenvalue weighted by molar-refractivity contribution is 6.61. The van der Waals surface area contributed by atoms with E-state index in [0.717, 1.165) is 5.57 Å². The van der Waals surface area contributed by atoms with Crippen LogP contribution in [0.4, 0.5) is 0 Å². The largest absolute Gasteiger partial charge is 0.489 e. The molecule has 45 heavy (non-hydrogen) atoms. The van der Waals surface area contributed by atoms with Gasteiger partial charge in [-0.1, -0.05) is 28.9 Å². The maximum absolute atomic E-state index is 12.2. The number of carbonyl (C=O) groups is 4. The lowest BCUT2D eigenvalue weighted by Crippen LogP contribution is -2.25. The first-order valence-electron chi connectivity index (χ1n) is 14.8. The minimum atomic E-state index is -0.478. The summed E-state index contributed by atoms with van der Waals surface area (Å²) in [6.07, 6.45) is 7.12. The lowest BCUT2D eigenvalue weighted by atomic mass is 9.90. The second-order valence-electron chi connectivity index (χ2n) is 11.4. The van der Waals surface area contributed by atoms with Crippen LogP contribution in [0.25, 0.3) is 0 Å². The van der Waals surface area contributed by atoms with E-state index >= 15 is 0 Å². The number of Topliss-reactive ketones (excluding diaryl/α,β-unsaturated/α-hetero) is 4. The molecule has 0 spiro atoms. The molecule has 0 saturated heterocycles. The number of hydrogen-bond acceptors (Lipinski definition) is 8. The summed E-state index contributed by atoms with van der Waals surface area (Å²) in [7, 11) is 5.34. The van der Waals surface area contributed by atoms with Gasteiger partial charge in [-0.3, -0.25) is 19.2 Å². The van der Waals surface area contributed by atoms with E-state index in [4.69, 9.17) is 30.5 Å². The molecule has 0 aromatic rings. The first-order valence-corrected chi connectivity index (χ1v) is 18.3. The molecule has 2 aliphatic rings. The monoisotopic (exact) mass is 660 g/mol. The summed E-state index contributed by atoms with van der Waals surface area (Å²) >= 11 is 5.12. The Morgan fingerprint density at radius 1 is 0.644 bits per heavy atom. The molecular formula is C35H50AlClO8. The third-order valence-electron chi connectivity index (χ3n) is 6.75. The summed E-state index contributed by atoms with van der Waals surface area (Å²) < 4.78 is 19.6. The molecule has 0 unspecified atom stereocenters. The van der Waals surface area contributed by atoms with E-state index < -0.39 is 14.1 Å². The van der Waals surface area contributed by atoms with Crippen molar-refractivity contribution in [2.75, 3.05) is 34.3 Å². The molecule has 248 valence electrons. The Labute approximate surface area is 278 Å². The number of alkyl halides is 1. The normalized spacial score (nSPS) is 15.2. The standard InChI is InChI=1S/C14H18O4.C10H11ClO4.C9H15.2CH3.Al/c1-8(2)6-7-10-9(3)11(15)13(17-4)14(18-5)12(10)16;1-5-6(4-11)8(13)10(15-3)9(14-2)7(5)12;1-8(2)6-5-7-9(3)4;;;/h6H,7H2,1-5H3;4H2,1-3H3;1,7H,5-6H2,2-4H3;2*1H3;. The molecule has 0 aliphatic heterocycles. The first-order chi connectivity index (χ1) is 21.0. The van der Waals surface area contributed by atoms with Crippen LogP contribution in [-0.4, -0.2) is 71.6 Å². The van der Waals surface area contributed by atoms with Crippen molar-refractivity contribution in [2.45, 2.75) is 79.3 Å². The maximum atomic E-state index is 12.2. The van der Waals surface area contributed by atoms with Gasteiger partial charge < -0.3 is 18.9 Å². The Balaban J connectivity index is 0.000000660. The molecule has 0 atom stereocenters. The number of carbonyl (C=O) groups excluding carboxylic acids is 4. The number of allylic oxidation sites excluding steroid dienone is 9.